The minimum atomic E-state index is -3.19. The first-order valence-electron chi connectivity index (χ1n) is 5.43. The van der Waals surface area contributed by atoms with Crippen LogP contribution in [0.25, 0.3) is 0 Å². The van der Waals surface area contributed by atoms with Crippen LogP contribution in [-0.2, 0) is 27.9 Å². The van der Waals surface area contributed by atoms with Gasteiger partial charge in [-0.1, -0.05) is 19.6 Å². The van der Waals surface area contributed by atoms with E-state index in [-0.39, 0.29) is 26.1 Å². The molecule has 0 fully saturated rings. The number of amides is 1. The summed E-state index contributed by atoms with van der Waals surface area (Å²) in [5.41, 5.74) is 0. The minimum Gasteiger partial charge on any atom is -0.454 e. The molecule has 0 saturated carbocycles. The maximum Gasteiger partial charge on any atom is 0.397 e. The van der Waals surface area contributed by atoms with E-state index in [0.717, 1.165) is 0 Å². The Labute approximate surface area is 106 Å². The lowest BCUT2D eigenvalue weighted by atomic mass is 10.6. The van der Waals surface area contributed by atoms with Crippen LogP contribution in [0.4, 0.5) is 0 Å². The van der Waals surface area contributed by atoms with Crippen molar-refractivity contribution in [3.63, 3.8) is 0 Å². The monoisotopic (exact) mass is 279 g/mol. The highest BCUT2D eigenvalue weighted by Gasteiger charge is 2.22. The molecule has 8 heteroatoms. The Balaban J connectivity index is 4.02. The summed E-state index contributed by atoms with van der Waals surface area (Å²) in [5.74, 6) is -2.03. The van der Waals surface area contributed by atoms with Gasteiger partial charge in [-0.3, -0.25) is 13.9 Å². The molecule has 0 radical (unpaired) electrons. The van der Waals surface area contributed by atoms with Crippen LogP contribution in [0.5, 0.6) is 0 Å². The van der Waals surface area contributed by atoms with Crippen molar-refractivity contribution in [1.29, 1.82) is 0 Å². The van der Waals surface area contributed by atoms with Gasteiger partial charge in [0.25, 0.3) is 0 Å². The molecule has 0 aromatic carbocycles. The fourth-order valence-corrected chi connectivity index (χ4v) is 1.98. The highest BCUT2D eigenvalue weighted by molar-refractivity contribution is 7.53. The minimum absolute atomic E-state index is 0.0560. The van der Waals surface area contributed by atoms with Crippen LogP contribution in [0.15, 0.2) is 12.7 Å². The Morgan fingerprint density at radius 1 is 1.33 bits per heavy atom. The molecule has 0 aromatic rings. The number of carbonyl (C=O) groups is 2. The molecular weight excluding hydrogens is 261 g/mol. The van der Waals surface area contributed by atoms with E-state index >= 15 is 0 Å². The lowest BCUT2D eigenvalue weighted by molar-refractivity contribution is -0.154. The summed E-state index contributed by atoms with van der Waals surface area (Å²) in [6.07, 6.45) is 1.51. The SMILES string of the molecule is C=CCOC(=O)C(=O)NCOP(=O)(CC)OCC. The molecule has 1 atom stereocenters. The third-order valence-electron chi connectivity index (χ3n) is 1.72. The summed E-state index contributed by atoms with van der Waals surface area (Å²) in [5, 5.41) is 2.12. The third-order valence-corrected chi connectivity index (χ3v) is 3.67. The van der Waals surface area contributed by atoms with E-state index in [4.69, 9.17) is 9.05 Å². The topological polar surface area (TPSA) is 90.9 Å². The van der Waals surface area contributed by atoms with Gasteiger partial charge in [-0.2, -0.15) is 0 Å². The zero-order chi connectivity index (χ0) is 14.0. The molecule has 0 spiro atoms. The normalized spacial score (nSPS) is 13.4. The van der Waals surface area contributed by atoms with E-state index in [1.165, 1.54) is 6.08 Å². The summed E-state index contributed by atoms with van der Waals surface area (Å²) in [7, 11) is -3.19. The smallest absolute Gasteiger partial charge is 0.397 e. The zero-order valence-electron chi connectivity index (χ0n) is 10.5. The van der Waals surface area contributed by atoms with Crippen molar-refractivity contribution < 1.29 is 27.9 Å². The first-order chi connectivity index (χ1) is 8.49. The number of hydrogen-bond acceptors (Lipinski definition) is 6. The largest absolute Gasteiger partial charge is 0.454 e. The van der Waals surface area contributed by atoms with Gasteiger partial charge in [-0.15, -0.1) is 0 Å². The summed E-state index contributed by atoms with van der Waals surface area (Å²) in [4.78, 5) is 22.2. The second-order valence-electron chi connectivity index (χ2n) is 3.01. The Bertz CT molecular complexity index is 343. The number of ether oxygens (including phenoxy) is 1. The predicted molar refractivity (Wildman–Crippen MR) is 65.0 cm³/mol. The van der Waals surface area contributed by atoms with Gasteiger partial charge in [0.15, 0.2) is 0 Å². The molecule has 1 amide bonds. The molecule has 1 unspecified atom stereocenters. The van der Waals surface area contributed by atoms with E-state index in [9.17, 15) is 14.2 Å². The van der Waals surface area contributed by atoms with Crippen LogP contribution in [0, 0.1) is 0 Å². The Morgan fingerprint density at radius 3 is 2.50 bits per heavy atom. The number of hydrogen-bond donors (Lipinski definition) is 1. The van der Waals surface area contributed by atoms with Crippen LogP contribution in [0.3, 0.4) is 0 Å². The van der Waals surface area contributed by atoms with Crippen LogP contribution < -0.4 is 5.32 Å². The number of rotatable bonds is 8. The fourth-order valence-electron chi connectivity index (χ4n) is 0.885. The standard InChI is InChI=1S/C10H18NO6P/c1-4-7-15-10(13)9(12)11-8-17-18(14,6-3)16-5-2/h4H,1,5-8H2,2-3H3,(H,11,12). The maximum atomic E-state index is 11.8. The maximum absolute atomic E-state index is 11.8. The van der Waals surface area contributed by atoms with Crippen molar-refractivity contribution in [2.45, 2.75) is 13.8 Å². The zero-order valence-corrected chi connectivity index (χ0v) is 11.4. The first-order valence-corrected chi connectivity index (χ1v) is 7.15. The van der Waals surface area contributed by atoms with Crippen molar-refractivity contribution in [2.24, 2.45) is 0 Å². The van der Waals surface area contributed by atoms with E-state index in [0.29, 0.717) is 0 Å². The Hall–Kier alpha value is -1.17. The third kappa shape index (κ3) is 6.54. The van der Waals surface area contributed by atoms with Crippen LogP contribution in [0.2, 0.25) is 0 Å². The van der Waals surface area contributed by atoms with Crippen molar-refractivity contribution in [3.8, 4) is 0 Å². The number of carbonyl (C=O) groups excluding carboxylic acids is 2. The lowest BCUT2D eigenvalue weighted by Crippen LogP contribution is -2.34. The van der Waals surface area contributed by atoms with E-state index < -0.39 is 19.5 Å². The van der Waals surface area contributed by atoms with Gasteiger partial charge < -0.3 is 14.6 Å². The van der Waals surface area contributed by atoms with Crippen molar-refractivity contribution in [1.82, 2.24) is 5.32 Å². The van der Waals surface area contributed by atoms with Gasteiger partial charge in [-0.05, 0) is 6.92 Å². The molecule has 0 heterocycles. The van der Waals surface area contributed by atoms with Crippen LogP contribution in [-0.4, -0.2) is 38.0 Å². The van der Waals surface area contributed by atoms with Gasteiger partial charge in [0, 0.05) is 6.16 Å². The van der Waals surface area contributed by atoms with Gasteiger partial charge >= 0.3 is 19.5 Å². The van der Waals surface area contributed by atoms with Crippen molar-refractivity contribution in [3.05, 3.63) is 12.7 Å². The number of nitrogens with one attached hydrogen (secondary N) is 1. The van der Waals surface area contributed by atoms with Gasteiger partial charge in [0.1, 0.15) is 13.3 Å². The van der Waals surface area contributed by atoms with Crippen LogP contribution >= 0.6 is 7.60 Å². The predicted octanol–water partition coefficient (Wildman–Crippen LogP) is 1.06. The molecule has 0 bridgehead atoms. The quantitative estimate of drug-likeness (QED) is 0.235. The molecule has 0 aliphatic heterocycles. The molecule has 0 aliphatic rings. The van der Waals surface area contributed by atoms with Gasteiger partial charge in [0.2, 0.25) is 0 Å². The number of esters is 1. The molecular formula is C10H18NO6P. The molecule has 0 aliphatic carbocycles. The molecule has 7 nitrogen and oxygen atoms in total. The molecule has 1 N–H and O–H groups in total. The molecule has 0 saturated heterocycles. The summed E-state index contributed by atoms with van der Waals surface area (Å²) in [6, 6.07) is 0. The van der Waals surface area contributed by atoms with Gasteiger partial charge in [-0.25, -0.2) is 4.79 Å². The highest BCUT2D eigenvalue weighted by atomic mass is 31.2. The van der Waals surface area contributed by atoms with Crippen molar-refractivity contribution >= 4 is 19.5 Å². The lowest BCUT2D eigenvalue weighted by Gasteiger charge is -2.15. The summed E-state index contributed by atoms with van der Waals surface area (Å²) < 4.78 is 26.1. The van der Waals surface area contributed by atoms with E-state index in [1.807, 2.05) is 0 Å². The Morgan fingerprint density at radius 2 is 2.00 bits per heavy atom. The molecule has 18 heavy (non-hydrogen) atoms. The summed E-state index contributed by atoms with van der Waals surface area (Å²) >= 11 is 0. The van der Waals surface area contributed by atoms with Crippen molar-refractivity contribution in [2.75, 3.05) is 26.1 Å². The van der Waals surface area contributed by atoms with Gasteiger partial charge in [0.05, 0.1) is 6.61 Å². The average molecular weight is 279 g/mol. The second-order valence-corrected chi connectivity index (χ2v) is 5.38. The highest BCUT2D eigenvalue weighted by Crippen LogP contribution is 2.46. The molecule has 104 valence electrons. The molecule has 0 aromatic heterocycles. The average Bonchev–Trinajstić information content (AvgIpc) is 2.36. The summed E-state index contributed by atoms with van der Waals surface area (Å²) in [6.45, 7) is 6.44. The second kappa shape index (κ2) is 8.85. The fraction of sp³-hybridized carbons (Fsp3) is 0.600. The Kier molecular flexibility index (Phi) is 8.28. The van der Waals surface area contributed by atoms with E-state index in [1.54, 1.807) is 13.8 Å². The van der Waals surface area contributed by atoms with Crippen LogP contribution in [0.1, 0.15) is 13.8 Å². The van der Waals surface area contributed by atoms with E-state index in [2.05, 4.69) is 16.6 Å². The first kappa shape index (κ1) is 16.8. The molecule has 0 rings (SSSR count).